The van der Waals surface area contributed by atoms with Crippen LogP contribution in [0.2, 0.25) is 0 Å². The van der Waals surface area contributed by atoms with Gasteiger partial charge in [-0.15, -0.1) is 0 Å². The molecule has 0 radical (unpaired) electrons. The lowest BCUT2D eigenvalue weighted by Gasteiger charge is -2.17. The SMILES string of the molecule is Cc1ccc(-c2ccn(-c3ccc(NCCN4CCCC4)c(C=N)c3)c(=O)c2)cc1. The van der Waals surface area contributed by atoms with Crippen molar-refractivity contribution in [2.24, 2.45) is 0 Å². The summed E-state index contributed by atoms with van der Waals surface area (Å²) in [5.74, 6) is 0. The quantitative estimate of drug-likeness (QED) is 0.581. The highest BCUT2D eigenvalue weighted by atomic mass is 16.1. The second-order valence-electron chi connectivity index (χ2n) is 7.88. The number of nitrogens with zero attached hydrogens (tertiary/aromatic N) is 2. The largest absolute Gasteiger partial charge is 0.383 e. The fourth-order valence-electron chi connectivity index (χ4n) is 3.95. The van der Waals surface area contributed by atoms with Crippen LogP contribution in [0.3, 0.4) is 0 Å². The summed E-state index contributed by atoms with van der Waals surface area (Å²) in [6.07, 6.45) is 5.73. The molecule has 1 aliphatic rings. The molecule has 0 saturated carbocycles. The number of aromatic nitrogens is 1. The first-order valence-corrected chi connectivity index (χ1v) is 10.5. The van der Waals surface area contributed by atoms with Gasteiger partial charge in [0.2, 0.25) is 0 Å². The van der Waals surface area contributed by atoms with Gasteiger partial charge in [0.05, 0.1) is 0 Å². The molecule has 5 nitrogen and oxygen atoms in total. The monoisotopic (exact) mass is 400 g/mol. The number of likely N-dealkylation sites (tertiary alicyclic amines) is 1. The number of pyridine rings is 1. The Morgan fingerprint density at radius 1 is 1.00 bits per heavy atom. The Labute approximate surface area is 177 Å². The first kappa shape index (κ1) is 20.1. The molecule has 1 fully saturated rings. The van der Waals surface area contributed by atoms with Gasteiger partial charge >= 0.3 is 0 Å². The summed E-state index contributed by atoms with van der Waals surface area (Å²) in [5, 5.41) is 11.2. The number of hydrogen-bond donors (Lipinski definition) is 2. The normalized spacial score (nSPS) is 14.0. The minimum Gasteiger partial charge on any atom is -0.383 e. The molecule has 4 rings (SSSR count). The Morgan fingerprint density at radius 2 is 1.77 bits per heavy atom. The summed E-state index contributed by atoms with van der Waals surface area (Å²) < 4.78 is 1.62. The molecule has 0 bridgehead atoms. The third kappa shape index (κ3) is 4.52. The van der Waals surface area contributed by atoms with E-state index in [0.717, 1.165) is 41.2 Å². The summed E-state index contributed by atoms with van der Waals surface area (Å²) in [7, 11) is 0. The van der Waals surface area contributed by atoms with Crippen molar-refractivity contribution in [2.75, 3.05) is 31.5 Å². The molecular formula is C25H28N4O. The van der Waals surface area contributed by atoms with Crippen molar-refractivity contribution in [3.05, 3.63) is 82.3 Å². The fraction of sp³-hybridized carbons (Fsp3) is 0.280. The van der Waals surface area contributed by atoms with Crippen LogP contribution in [0.5, 0.6) is 0 Å². The van der Waals surface area contributed by atoms with Crippen LogP contribution in [-0.4, -0.2) is 41.9 Å². The molecule has 0 aliphatic carbocycles. The third-order valence-electron chi connectivity index (χ3n) is 5.72. The van der Waals surface area contributed by atoms with E-state index >= 15 is 0 Å². The van der Waals surface area contributed by atoms with Crippen LogP contribution >= 0.6 is 0 Å². The van der Waals surface area contributed by atoms with Crippen molar-refractivity contribution in [2.45, 2.75) is 19.8 Å². The molecule has 1 aliphatic heterocycles. The van der Waals surface area contributed by atoms with Crippen LogP contribution in [-0.2, 0) is 0 Å². The number of benzene rings is 2. The summed E-state index contributed by atoms with van der Waals surface area (Å²) >= 11 is 0. The Bertz CT molecular complexity index is 1080. The van der Waals surface area contributed by atoms with Crippen molar-refractivity contribution in [1.82, 2.24) is 9.47 Å². The predicted octanol–water partition coefficient (Wildman–Crippen LogP) is 4.32. The zero-order chi connectivity index (χ0) is 20.9. The minimum absolute atomic E-state index is 0.0845. The van der Waals surface area contributed by atoms with Crippen molar-refractivity contribution in [1.29, 1.82) is 5.41 Å². The standard InChI is InChI=1S/C25H28N4O/c1-19-4-6-20(7-5-19)21-10-14-29(25(30)17-21)23-8-9-24(22(16-23)18-26)27-11-15-28-12-2-3-13-28/h4-10,14,16-18,26-27H,2-3,11-13,15H2,1H3. The molecule has 0 spiro atoms. The van der Waals surface area contributed by atoms with Gasteiger partial charge in [-0.1, -0.05) is 29.8 Å². The zero-order valence-electron chi connectivity index (χ0n) is 17.4. The van der Waals surface area contributed by atoms with Crippen molar-refractivity contribution in [3.63, 3.8) is 0 Å². The van der Waals surface area contributed by atoms with Crippen LogP contribution in [0.1, 0.15) is 24.0 Å². The van der Waals surface area contributed by atoms with Gasteiger partial charge in [-0.25, -0.2) is 0 Å². The molecule has 2 heterocycles. The van der Waals surface area contributed by atoms with Gasteiger partial charge in [-0.3, -0.25) is 9.36 Å². The number of rotatable bonds is 7. The molecular weight excluding hydrogens is 372 g/mol. The van der Waals surface area contributed by atoms with Crippen LogP contribution in [0, 0.1) is 12.3 Å². The maximum atomic E-state index is 12.8. The lowest BCUT2D eigenvalue weighted by Crippen LogP contribution is -2.26. The molecule has 30 heavy (non-hydrogen) atoms. The predicted molar refractivity (Wildman–Crippen MR) is 124 cm³/mol. The Balaban J connectivity index is 1.52. The van der Waals surface area contributed by atoms with Gasteiger partial charge in [0.15, 0.2) is 0 Å². The van der Waals surface area contributed by atoms with Crippen molar-refractivity contribution < 1.29 is 0 Å². The average Bonchev–Trinajstić information content (AvgIpc) is 3.28. The number of aryl methyl sites for hydroxylation is 1. The maximum absolute atomic E-state index is 12.8. The lowest BCUT2D eigenvalue weighted by molar-refractivity contribution is 0.352. The molecule has 1 saturated heterocycles. The van der Waals surface area contributed by atoms with Crippen LogP contribution < -0.4 is 10.9 Å². The van der Waals surface area contributed by atoms with Gasteiger partial charge in [0, 0.05) is 48.5 Å². The van der Waals surface area contributed by atoms with E-state index in [4.69, 9.17) is 5.41 Å². The highest BCUT2D eigenvalue weighted by molar-refractivity contribution is 5.86. The van der Waals surface area contributed by atoms with Crippen LogP contribution in [0.15, 0.2) is 65.6 Å². The minimum atomic E-state index is -0.0845. The van der Waals surface area contributed by atoms with Gasteiger partial charge < -0.3 is 15.6 Å². The fourth-order valence-corrected chi connectivity index (χ4v) is 3.95. The van der Waals surface area contributed by atoms with E-state index in [9.17, 15) is 4.79 Å². The van der Waals surface area contributed by atoms with Gasteiger partial charge in [0.1, 0.15) is 0 Å². The second-order valence-corrected chi connectivity index (χ2v) is 7.88. The molecule has 2 N–H and O–H groups in total. The van der Waals surface area contributed by atoms with E-state index in [1.54, 1.807) is 16.8 Å². The molecule has 1 aromatic heterocycles. The first-order valence-electron chi connectivity index (χ1n) is 10.5. The molecule has 154 valence electrons. The van der Waals surface area contributed by atoms with Crippen LogP contribution in [0.4, 0.5) is 5.69 Å². The van der Waals surface area contributed by atoms with E-state index in [1.807, 2.05) is 55.5 Å². The van der Waals surface area contributed by atoms with E-state index in [0.29, 0.717) is 0 Å². The number of nitrogens with one attached hydrogen (secondary N) is 2. The van der Waals surface area contributed by atoms with Gasteiger partial charge in [-0.05, 0) is 68.2 Å². The highest BCUT2D eigenvalue weighted by Gasteiger charge is 2.11. The zero-order valence-corrected chi connectivity index (χ0v) is 17.4. The van der Waals surface area contributed by atoms with Crippen molar-refractivity contribution >= 4 is 11.9 Å². The molecule has 0 amide bonds. The summed E-state index contributed by atoms with van der Waals surface area (Å²) in [5.41, 5.74) is 5.52. The molecule has 2 aromatic carbocycles. The molecule has 3 aromatic rings. The maximum Gasteiger partial charge on any atom is 0.255 e. The molecule has 0 unspecified atom stereocenters. The van der Waals surface area contributed by atoms with E-state index in [-0.39, 0.29) is 5.56 Å². The van der Waals surface area contributed by atoms with Crippen LogP contribution in [0.25, 0.3) is 16.8 Å². The van der Waals surface area contributed by atoms with E-state index < -0.39 is 0 Å². The van der Waals surface area contributed by atoms with E-state index in [2.05, 4.69) is 10.2 Å². The first-order chi connectivity index (χ1) is 14.6. The van der Waals surface area contributed by atoms with E-state index in [1.165, 1.54) is 37.7 Å². The Morgan fingerprint density at radius 3 is 2.47 bits per heavy atom. The second kappa shape index (κ2) is 9.09. The summed E-state index contributed by atoms with van der Waals surface area (Å²) in [6.45, 7) is 6.27. The molecule has 0 atom stereocenters. The number of hydrogen-bond acceptors (Lipinski definition) is 4. The number of anilines is 1. The lowest BCUT2D eigenvalue weighted by atomic mass is 10.1. The van der Waals surface area contributed by atoms with Gasteiger partial charge in [-0.2, -0.15) is 0 Å². The summed E-state index contributed by atoms with van der Waals surface area (Å²) in [4.78, 5) is 15.2. The van der Waals surface area contributed by atoms with Gasteiger partial charge in [0.25, 0.3) is 5.56 Å². The third-order valence-corrected chi connectivity index (χ3v) is 5.72. The Kier molecular flexibility index (Phi) is 6.10. The smallest absolute Gasteiger partial charge is 0.255 e. The van der Waals surface area contributed by atoms with Crippen molar-refractivity contribution in [3.8, 4) is 16.8 Å². The molecule has 5 heteroatoms. The summed E-state index contributed by atoms with van der Waals surface area (Å²) in [6, 6.07) is 17.6. The topological polar surface area (TPSA) is 61.1 Å². The Hall–Kier alpha value is -3.18. The highest BCUT2D eigenvalue weighted by Crippen LogP contribution is 2.21. The average molecular weight is 401 g/mol.